The van der Waals surface area contributed by atoms with E-state index in [1.54, 1.807) is 29.2 Å². The van der Waals surface area contributed by atoms with Crippen LogP contribution < -0.4 is 0 Å². The summed E-state index contributed by atoms with van der Waals surface area (Å²) in [5, 5.41) is 0. The Bertz CT molecular complexity index is 445. The van der Waals surface area contributed by atoms with Crippen LogP contribution in [0.4, 0.5) is 0 Å². The van der Waals surface area contributed by atoms with Crippen LogP contribution in [0.3, 0.4) is 0 Å². The monoisotopic (exact) mass is 298 g/mol. The maximum atomic E-state index is 11.9. The first kappa shape index (κ1) is 16.5. The van der Waals surface area contributed by atoms with Gasteiger partial charge in [0.25, 0.3) is 5.91 Å². The first-order chi connectivity index (χ1) is 9.16. The fraction of sp³-hybridized carbons (Fsp3) is 0.429. The van der Waals surface area contributed by atoms with E-state index in [0.29, 0.717) is 18.7 Å². The maximum absolute atomic E-state index is 11.9. The number of carbonyl (C=O) groups excluding carboxylic acids is 2. The van der Waals surface area contributed by atoms with Crippen LogP contribution in [0.2, 0.25) is 0 Å². The first-order valence-corrected chi connectivity index (χ1v) is 6.35. The number of amides is 1. The minimum absolute atomic E-state index is 0. The lowest BCUT2D eigenvalue weighted by Crippen LogP contribution is -2.48. The Morgan fingerprint density at radius 3 is 2.30 bits per heavy atom. The Labute approximate surface area is 124 Å². The van der Waals surface area contributed by atoms with Crippen LogP contribution in [-0.2, 0) is 9.53 Å². The third kappa shape index (κ3) is 4.51. The number of hydrogen-bond acceptors (Lipinski definition) is 4. The van der Waals surface area contributed by atoms with Gasteiger partial charge in [-0.1, -0.05) is 18.2 Å². The molecule has 0 atom stereocenters. The Hall–Kier alpha value is -1.59. The molecule has 0 radical (unpaired) electrons. The molecule has 0 unspecified atom stereocenters. The van der Waals surface area contributed by atoms with Gasteiger partial charge in [0.15, 0.2) is 6.61 Å². The molecule has 1 aliphatic heterocycles. The van der Waals surface area contributed by atoms with Gasteiger partial charge in [0.1, 0.15) is 0 Å². The fourth-order valence-electron chi connectivity index (χ4n) is 1.93. The van der Waals surface area contributed by atoms with Crippen molar-refractivity contribution in [2.75, 3.05) is 39.8 Å². The molecule has 0 N–H and O–H groups in total. The minimum Gasteiger partial charge on any atom is -0.452 e. The quantitative estimate of drug-likeness (QED) is 0.783. The van der Waals surface area contributed by atoms with Gasteiger partial charge in [-0.25, -0.2) is 4.79 Å². The van der Waals surface area contributed by atoms with E-state index in [0.717, 1.165) is 13.1 Å². The average molecular weight is 299 g/mol. The molecule has 0 aromatic heterocycles. The van der Waals surface area contributed by atoms with Crippen molar-refractivity contribution in [1.29, 1.82) is 0 Å². The van der Waals surface area contributed by atoms with Gasteiger partial charge in [-0.05, 0) is 19.2 Å². The van der Waals surface area contributed by atoms with Gasteiger partial charge < -0.3 is 14.5 Å². The summed E-state index contributed by atoms with van der Waals surface area (Å²) in [6, 6.07) is 8.69. The van der Waals surface area contributed by atoms with Gasteiger partial charge in [0, 0.05) is 26.2 Å². The smallest absolute Gasteiger partial charge is 0.338 e. The van der Waals surface area contributed by atoms with Crippen molar-refractivity contribution >= 4 is 24.3 Å². The van der Waals surface area contributed by atoms with Crippen molar-refractivity contribution < 1.29 is 14.3 Å². The second-order valence-corrected chi connectivity index (χ2v) is 4.63. The SMILES string of the molecule is CN1CCN(C(=O)COC(=O)c2ccccc2)CC1.Cl. The predicted molar refractivity (Wildman–Crippen MR) is 78.0 cm³/mol. The average Bonchev–Trinajstić information content (AvgIpc) is 2.46. The van der Waals surface area contributed by atoms with Crippen LogP contribution >= 0.6 is 12.4 Å². The summed E-state index contributed by atoms with van der Waals surface area (Å²) >= 11 is 0. The summed E-state index contributed by atoms with van der Waals surface area (Å²) < 4.78 is 5.03. The maximum Gasteiger partial charge on any atom is 0.338 e. The van der Waals surface area contributed by atoms with Crippen LogP contribution in [0.5, 0.6) is 0 Å². The molecule has 1 aromatic carbocycles. The van der Waals surface area contributed by atoms with E-state index in [1.807, 2.05) is 13.1 Å². The zero-order chi connectivity index (χ0) is 13.7. The van der Waals surface area contributed by atoms with Crippen molar-refractivity contribution in [2.24, 2.45) is 0 Å². The number of nitrogens with zero attached hydrogens (tertiary/aromatic N) is 2. The minimum atomic E-state index is -0.455. The highest BCUT2D eigenvalue weighted by molar-refractivity contribution is 5.91. The summed E-state index contributed by atoms with van der Waals surface area (Å²) in [6.07, 6.45) is 0. The molecule has 110 valence electrons. The summed E-state index contributed by atoms with van der Waals surface area (Å²) in [5.41, 5.74) is 0.466. The number of halogens is 1. The zero-order valence-corrected chi connectivity index (χ0v) is 12.3. The normalized spacial score (nSPS) is 15.3. The molecule has 1 fully saturated rings. The summed E-state index contributed by atoms with van der Waals surface area (Å²) in [6.45, 7) is 2.92. The molecule has 1 aliphatic rings. The van der Waals surface area contributed by atoms with Crippen molar-refractivity contribution in [3.8, 4) is 0 Å². The van der Waals surface area contributed by atoms with Gasteiger partial charge in [-0.3, -0.25) is 4.79 Å². The van der Waals surface area contributed by atoms with Crippen molar-refractivity contribution in [3.05, 3.63) is 35.9 Å². The molecule has 20 heavy (non-hydrogen) atoms. The lowest BCUT2D eigenvalue weighted by Gasteiger charge is -2.32. The van der Waals surface area contributed by atoms with Gasteiger partial charge in [-0.15, -0.1) is 12.4 Å². The molecule has 1 aromatic rings. The Morgan fingerprint density at radius 2 is 1.70 bits per heavy atom. The van der Waals surface area contributed by atoms with Crippen LogP contribution in [0.1, 0.15) is 10.4 Å². The fourth-order valence-corrected chi connectivity index (χ4v) is 1.93. The Balaban J connectivity index is 0.00000200. The molecule has 0 spiro atoms. The van der Waals surface area contributed by atoms with Gasteiger partial charge >= 0.3 is 5.97 Å². The zero-order valence-electron chi connectivity index (χ0n) is 11.4. The van der Waals surface area contributed by atoms with Crippen LogP contribution in [-0.4, -0.2) is 61.5 Å². The molecule has 1 heterocycles. The number of carbonyl (C=O) groups is 2. The lowest BCUT2D eigenvalue weighted by atomic mass is 10.2. The van der Waals surface area contributed by atoms with Gasteiger partial charge in [-0.2, -0.15) is 0 Å². The van der Waals surface area contributed by atoms with E-state index < -0.39 is 5.97 Å². The molecule has 5 nitrogen and oxygen atoms in total. The molecule has 0 bridgehead atoms. The van der Waals surface area contributed by atoms with Crippen molar-refractivity contribution in [1.82, 2.24) is 9.80 Å². The third-order valence-corrected chi connectivity index (χ3v) is 3.19. The number of likely N-dealkylation sites (N-methyl/N-ethyl adjacent to an activating group) is 1. The van der Waals surface area contributed by atoms with Gasteiger partial charge in [0.2, 0.25) is 0 Å². The molecule has 6 heteroatoms. The van der Waals surface area contributed by atoms with Crippen LogP contribution in [0.25, 0.3) is 0 Å². The first-order valence-electron chi connectivity index (χ1n) is 6.35. The molecular weight excluding hydrogens is 280 g/mol. The Kier molecular flexibility index (Phi) is 6.48. The largest absolute Gasteiger partial charge is 0.452 e. The number of hydrogen-bond donors (Lipinski definition) is 0. The van der Waals surface area contributed by atoms with E-state index in [9.17, 15) is 9.59 Å². The van der Waals surface area contributed by atoms with Crippen LogP contribution in [0, 0.1) is 0 Å². The van der Waals surface area contributed by atoms with E-state index in [4.69, 9.17) is 4.74 Å². The molecule has 0 aliphatic carbocycles. The summed E-state index contributed by atoms with van der Waals surface area (Å²) in [4.78, 5) is 27.5. The molecule has 2 rings (SSSR count). The number of esters is 1. The summed E-state index contributed by atoms with van der Waals surface area (Å²) in [7, 11) is 2.03. The van der Waals surface area contributed by atoms with Gasteiger partial charge in [0.05, 0.1) is 5.56 Å². The number of piperazine rings is 1. The Morgan fingerprint density at radius 1 is 1.10 bits per heavy atom. The number of ether oxygens (including phenoxy) is 1. The van der Waals surface area contributed by atoms with E-state index in [2.05, 4.69) is 4.90 Å². The van der Waals surface area contributed by atoms with E-state index in [1.165, 1.54) is 0 Å². The number of benzene rings is 1. The predicted octanol–water partition coefficient (Wildman–Crippen LogP) is 1.04. The molecule has 0 saturated carbocycles. The van der Waals surface area contributed by atoms with Crippen LogP contribution in [0.15, 0.2) is 30.3 Å². The highest BCUT2D eigenvalue weighted by Gasteiger charge is 2.20. The molecular formula is C14H19ClN2O3. The molecule has 1 amide bonds. The second kappa shape index (κ2) is 7.87. The van der Waals surface area contributed by atoms with E-state index >= 15 is 0 Å². The van der Waals surface area contributed by atoms with Crippen molar-refractivity contribution in [3.63, 3.8) is 0 Å². The highest BCUT2D eigenvalue weighted by Crippen LogP contribution is 2.03. The topological polar surface area (TPSA) is 49.9 Å². The van der Waals surface area contributed by atoms with Crippen molar-refractivity contribution in [2.45, 2.75) is 0 Å². The molecule has 1 saturated heterocycles. The van der Waals surface area contributed by atoms with E-state index in [-0.39, 0.29) is 24.9 Å². The second-order valence-electron chi connectivity index (χ2n) is 4.63. The highest BCUT2D eigenvalue weighted by atomic mass is 35.5. The lowest BCUT2D eigenvalue weighted by molar-refractivity contribution is -0.136. The standard InChI is InChI=1S/C14H18N2O3.ClH/c1-15-7-9-16(10-8-15)13(17)11-19-14(18)12-5-3-2-4-6-12;/h2-6H,7-11H2,1H3;1H. The third-order valence-electron chi connectivity index (χ3n) is 3.19. The summed E-state index contributed by atoms with van der Waals surface area (Å²) in [5.74, 6) is -0.583. The number of rotatable bonds is 3.